The van der Waals surface area contributed by atoms with Gasteiger partial charge in [-0.15, -0.1) is 0 Å². The zero-order valence-corrected chi connectivity index (χ0v) is 13.7. The molecule has 0 saturated carbocycles. The maximum absolute atomic E-state index is 4.78. The first kappa shape index (κ1) is 15.1. The first-order valence-electron chi connectivity index (χ1n) is 8.01. The second-order valence-corrected chi connectivity index (χ2v) is 5.72. The van der Waals surface area contributed by atoms with Crippen molar-refractivity contribution in [1.82, 2.24) is 20.0 Å². The van der Waals surface area contributed by atoms with Crippen molar-refractivity contribution < 1.29 is 0 Å². The summed E-state index contributed by atoms with van der Waals surface area (Å²) in [6.07, 6.45) is 13.3. The summed E-state index contributed by atoms with van der Waals surface area (Å²) in [5, 5.41) is 4.06. The normalized spacial score (nSPS) is 13.4. The summed E-state index contributed by atoms with van der Waals surface area (Å²) in [7, 11) is 0. The van der Waals surface area contributed by atoms with Gasteiger partial charge in [0.05, 0.1) is 23.8 Å². The predicted molar refractivity (Wildman–Crippen MR) is 99.2 cm³/mol. The van der Waals surface area contributed by atoms with Gasteiger partial charge in [-0.05, 0) is 47.6 Å². The van der Waals surface area contributed by atoms with Crippen LogP contribution in [-0.4, -0.2) is 20.0 Å². The summed E-state index contributed by atoms with van der Waals surface area (Å²) in [4.78, 5) is 13.4. The van der Waals surface area contributed by atoms with E-state index in [1.54, 1.807) is 18.6 Å². The van der Waals surface area contributed by atoms with E-state index in [2.05, 4.69) is 21.6 Å². The van der Waals surface area contributed by atoms with Crippen LogP contribution in [0.4, 0.5) is 5.82 Å². The maximum Gasteiger partial charge on any atom is 0.167 e. The van der Waals surface area contributed by atoms with E-state index in [4.69, 9.17) is 4.98 Å². The van der Waals surface area contributed by atoms with Crippen molar-refractivity contribution in [2.24, 2.45) is 0 Å². The minimum Gasteiger partial charge on any atom is -0.266 e. The molecule has 3 aromatic rings. The Morgan fingerprint density at radius 3 is 2.44 bits per heavy atom. The Morgan fingerprint density at radius 2 is 1.68 bits per heavy atom. The highest BCUT2D eigenvalue weighted by Gasteiger charge is 2.16. The lowest BCUT2D eigenvalue weighted by atomic mass is 10.2. The first-order valence-corrected chi connectivity index (χ1v) is 8.01. The number of benzene rings is 1. The van der Waals surface area contributed by atoms with Gasteiger partial charge in [0, 0.05) is 24.8 Å². The molecule has 1 aromatic carbocycles. The van der Waals surface area contributed by atoms with Crippen molar-refractivity contribution in [1.29, 1.82) is 0 Å². The number of rotatable bonds is 4. The number of fused-ring (bicyclic) bond motifs is 1. The van der Waals surface area contributed by atoms with Crippen LogP contribution in [0.3, 0.4) is 0 Å². The highest BCUT2D eigenvalue weighted by atomic mass is 15.6. The van der Waals surface area contributed by atoms with Gasteiger partial charge in [-0.25, -0.2) is 4.98 Å². The molecule has 3 heterocycles. The molecule has 2 aromatic heterocycles. The fraction of sp³-hybridized carbons (Fsp3) is 0.0500. The zero-order chi connectivity index (χ0) is 17.1. The molecule has 0 aliphatic carbocycles. The molecule has 0 saturated heterocycles. The number of aromatic nitrogens is 3. The quantitative estimate of drug-likeness (QED) is 0.728. The van der Waals surface area contributed by atoms with E-state index in [0.717, 1.165) is 28.0 Å². The predicted octanol–water partition coefficient (Wildman–Crippen LogP) is 3.85. The number of nitrogens with zero attached hydrogens (tertiary/aromatic N) is 5. The molecule has 0 spiro atoms. The third-order valence-corrected chi connectivity index (χ3v) is 3.94. The first-order chi connectivity index (χ1) is 12.3. The van der Waals surface area contributed by atoms with Gasteiger partial charge >= 0.3 is 0 Å². The minimum atomic E-state index is 0.650. The highest BCUT2D eigenvalue weighted by Crippen LogP contribution is 2.22. The molecule has 0 radical (unpaired) electrons. The molecule has 5 heteroatoms. The lowest BCUT2D eigenvalue weighted by Crippen LogP contribution is -2.36. The number of para-hydroxylation sites is 2. The van der Waals surface area contributed by atoms with E-state index >= 15 is 0 Å². The number of allylic oxidation sites excluding steroid dienone is 3. The largest absolute Gasteiger partial charge is 0.266 e. The van der Waals surface area contributed by atoms with Crippen LogP contribution in [0.5, 0.6) is 0 Å². The molecule has 0 atom stereocenters. The van der Waals surface area contributed by atoms with Crippen molar-refractivity contribution >= 4 is 16.9 Å². The van der Waals surface area contributed by atoms with Gasteiger partial charge in [0.15, 0.2) is 5.82 Å². The molecule has 25 heavy (non-hydrogen) atoms. The monoisotopic (exact) mass is 327 g/mol. The lowest BCUT2D eigenvalue weighted by Gasteiger charge is -2.33. The van der Waals surface area contributed by atoms with E-state index < -0.39 is 0 Å². The molecule has 1 aliphatic rings. The third-order valence-electron chi connectivity index (χ3n) is 3.94. The molecule has 4 rings (SSSR count). The van der Waals surface area contributed by atoms with Crippen molar-refractivity contribution in [3.05, 3.63) is 97.3 Å². The molecular formula is C20H17N5. The van der Waals surface area contributed by atoms with Crippen molar-refractivity contribution in [3.63, 3.8) is 0 Å². The maximum atomic E-state index is 4.78. The van der Waals surface area contributed by atoms with Gasteiger partial charge in [-0.1, -0.05) is 18.7 Å². The van der Waals surface area contributed by atoms with Crippen LogP contribution >= 0.6 is 0 Å². The van der Waals surface area contributed by atoms with Crippen LogP contribution < -0.4 is 5.01 Å². The van der Waals surface area contributed by atoms with Crippen molar-refractivity contribution in [2.45, 2.75) is 6.54 Å². The standard InChI is InChI=1S/C20H17N5/c1-16-8-12-24(13-9-16)25(15-17-6-10-21-11-7-17)20-14-22-18-4-2-3-5-19(18)23-20/h2-14H,1,15H2. The van der Waals surface area contributed by atoms with Gasteiger partial charge in [0.2, 0.25) is 0 Å². The summed E-state index contributed by atoms with van der Waals surface area (Å²) >= 11 is 0. The summed E-state index contributed by atoms with van der Waals surface area (Å²) in [6.45, 7) is 4.60. The van der Waals surface area contributed by atoms with Gasteiger partial charge in [0.25, 0.3) is 0 Å². The van der Waals surface area contributed by atoms with E-state index in [1.807, 2.05) is 66.0 Å². The topological polar surface area (TPSA) is 45.2 Å². The van der Waals surface area contributed by atoms with E-state index in [9.17, 15) is 0 Å². The smallest absolute Gasteiger partial charge is 0.167 e. The minimum absolute atomic E-state index is 0.650. The molecule has 122 valence electrons. The highest BCUT2D eigenvalue weighted by molar-refractivity contribution is 5.75. The summed E-state index contributed by atoms with van der Waals surface area (Å²) in [6, 6.07) is 11.9. The SMILES string of the molecule is C=C1C=CN(N(Cc2ccncc2)c2cnc3ccccc3n2)C=C1. The molecule has 1 aliphatic heterocycles. The van der Waals surface area contributed by atoms with Gasteiger partial charge < -0.3 is 0 Å². The van der Waals surface area contributed by atoms with E-state index in [0.29, 0.717) is 6.54 Å². The Labute approximate surface area is 146 Å². The lowest BCUT2D eigenvalue weighted by molar-refractivity contribution is 0.443. The Hall–Kier alpha value is -3.47. The van der Waals surface area contributed by atoms with E-state index in [-0.39, 0.29) is 0 Å². The van der Waals surface area contributed by atoms with Crippen LogP contribution in [-0.2, 0) is 6.54 Å². The van der Waals surface area contributed by atoms with Crippen LogP contribution in [0, 0.1) is 0 Å². The molecule has 5 nitrogen and oxygen atoms in total. The molecular weight excluding hydrogens is 310 g/mol. The second kappa shape index (κ2) is 6.57. The Balaban J connectivity index is 1.74. The van der Waals surface area contributed by atoms with Crippen LogP contribution in [0.2, 0.25) is 0 Å². The average Bonchev–Trinajstić information content (AvgIpc) is 2.67. The van der Waals surface area contributed by atoms with Crippen molar-refractivity contribution in [3.8, 4) is 0 Å². The number of anilines is 1. The van der Waals surface area contributed by atoms with Crippen LogP contribution in [0.25, 0.3) is 11.0 Å². The number of hydrazine groups is 1. The summed E-state index contributed by atoms with van der Waals surface area (Å²) < 4.78 is 0. The second-order valence-electron chi connectivity index (χ2n) is 5.72. The van der Waals surface area contributed by atoms with Gasteiger partial charge in [0.1, 0.15) is 0 Å². The molecule has 0 N–H and O–H groups in total. The fourth-order valence-corrected chi connectivity index (χ4v) is 2.62. The molecule has 0 unspecified atom stereocenters. The Bertz CT molecular complexity index is 946. The van der Waals surface area contributed by atoms with Crippen molar-refractivity contribution in [2.75, 3.05) is 5.01 Å². The fourth-order valence-electron chi connectivity index (χ4n) is 2.62. The Kier molecular flexibility index (Phi) is 3.96. The molecule has 0 fully saturated rings. The summed E-state index contributed by atoms with van der Waals surface area (Å²) in [5.41, 5.74) is 3.85. The zero-order valence-electron chi connectivity index (χ0n) is 13.7. The third kappa shape index (κ3) is 3.26. The average molecular weight is 327 g/mol. The number of hydrogen-bond acceptors (Lipinski definition) is 5. The number of pyridine rings is 1. The Morgan fingerprint density at radius 1 is 0.960 bits per heavy atom. The summed E-state index contributed by atoms with van der Waals surface area (Å²) in [5.74, 6) is 0.775. The van der Waals surface area contributed by atoms with Crippen LogP contribution in [0.1, 0.15) is 5.56 Å². The van der Waals surface area contributed by atoms with Gasteiger partial charge in [-0.3, -0.25) is 20.0 Å². The molecule has 0 amide bonds. The van der Waals surface area contributed by atoms with Crippen LogP contribution in [0.15, 0.2) is 91.7 Å². The molecule has 0 bridgehead atoms. The van der Waals surface area contributed by atoms with Gasteiger partial charge in [-0.2, -0.15) is 0 Å². The number of hydrogen-bond donors (Lipinski definition) is 0. The van der Waals surface area contributed by atoms with E-state index in [1.165, 1.54) is 0 Å².